The lowest BCUT2D eigenvalue weighted by atomic mass is 10.0. The van der Waals surface area contributed by atoms with Crippen LogP contribution in [0.5, 0.6) is 0 Å². The van der Waals surface area contributed by atoms with Crippen molar-refractivity contribution in [2.24, 2.45) is 10.7 Å². The Hall–Kier alpha value is -3.40. The standard InChI is InChI=1S/C18H17N5O2/c19-9-13-4-8-16(21-10-13)23-17(24)14-5-1-12(2-6-14)3-7-15-11-25-18(20)22-15/h1-2,4-6,8,10,15H,3,7,11H2,(H2,20,22)(H,21,23,24)/t15-/m0/s1. The van der Waals surface area contributed by atoms with E-state index >= 15 is 0 Å². The third-order valence-electron chi connectivity index (χ3n) is 3.85. The fourth-order valence-corrected chi connectivity index (χ4v) is 2.46. The normalized spacial score (nSPS) is 15.8. The summed E-state index contributed by atoms with van der Waals surface area (Å²) < 4.78 is 5.13. The van der Waals surface area contributed by atoms with E-state index in [0.29, 0.717) is 23.6 Å². The number of amides is 1. The highest BCUT2D eigenvalue weighted by atomic mass is 16.5. The molecule has 0 saturated heterocycles. The van der Waals surface area contributed by atoms with Crippen molar-refractivity contribution in [2.45, 2.75) is 18.9 Å². The molecule has 1 aliphatic heterocycles. The summed E-state index contributed by atoms with van der Waals surface area (Å²) in [4.78, 5) is 20.4. The number of hydrogen-bond donors (Lipinski definition) is 2. The maximum Gasteiger partial charge on any atom is 0.282 e. The molecule has 1 aromatic carbocycles. The van der Waals surface area contributed by atoms with E-state index in [1.54, 1.807) is 24.3 Å². The number of aliphatic imine (C=N–C) groups is 1. The number of carbonyl (C=O) groups excluding carboxylic acids is 1. The number of hydrogen-bond acceptors (Lipinski definition) is 6. The summed E-state index contributed by atoms with van der Waals surface area (Å²) >= 11 is 0. The number of nitriles is 1. The van der Waals surface area contributed by atoms with Gasteiger partial charge in [-0.15, -0.1) is 0 Å². The molecular formula is C18H17N5O2. The number of carbonyl (C=O) groups is 1. The fourth-order valence-electron chi connectivity index (χ4n) is 2.46. The predicted molar refractivity (Wildman–Crippen MR) is 93.0 cm³/mol. The molecule has 0 saturated carbocycles. The fraction of sp³-hybridized carbons (Fsp3) is 0.222. The van der Waals surface area contributed by atoms with Gasteiger partial charge in [-0.05, 0) is 42.7 Å². The van der Waals surface area contributed by atoms with Crippen LogP contribution in [0, 0.1) is 11.3 Å². The van der Waals surface area contributed by atoms with Crippen LogP contribution in [0.15, 0.2) is 47.6 Å². The average Bonchev–Trinajstić information content (AvgIpc) is 3.06. The summed E-state index contributed by atoms with van der Waals surface area (Å²) in [5.41, 5.74) is 7.60. The van der Waals surface area contributed by atoms with Gasteiger partial charge in [0, 0.05) is 11.8 Å². The molecule has 7 heteroatoms. The monoisotopic (exact) mass is 335 g/mol. The molecule has 1 aliphatic rings. The lowest BCUT2D eigenvalue weighted by molar-refractivity contribution is 0.102. The van der Waals surface area contributed by atoms with Gasteiger partial charge in [0.2, 0.25) is 0 Å². The molecule has 0 radical (unpaired) electrons. The summed E-state index contributed by atoms with van der Waals surface area (Å²) in [7, 11) is 0. The molecule has 0 fully saturated rings. The second-order valence-corrected chi connectivity index (χ2v) is 5.67. The van der Waals surface area contributed by atoms with Gasteiger partial charge >= 0.3 is 0 Å². The maximum atomic E-state index is 12.2. The summed E-state index contributed by atoms with van der Waals surface area (Å²) in [6.45, 7) is 0.532. The van der Waals surface area contributed by atoms with E-state index in [2.05, 4.69) is 15.3 Å². The van der Waals surface area contributed by atoms with Gasteiger partial charge in [0.1, 0.15) is 18.5 Å². The second-order valence-electron chi connectivity index (χ2n) is 5.67. The van der Waals surface area contributed by atoms with Crippen molar-refractivity contribution in [3.8, 4) is 6.07 Å². The van der Waals surface area contributed by atoms with Crippen LogP contribution in [-0.2, 0) is 11.2 Å². The Morgan fingerprint density at radius 2 is 2.12 bits per heavy atom. The first-order valence-corrected chi connectivity index (χ1v) is 7.86. The third-order valence-corrected chi connectivity index (χ3v) is 3.85. The van der Waals surface area contributed by atoms with E-state index in [0.717, 1.165) is 18.4 Å². The Morgan fingerprint density at radius 1 is 1.32 bits per heavy atom. The molecule has 126 valence electrons. The van der Waals surface area contributed by atoms with Crippen LogP contribution in [0.3, 0.4) is 0 Å². The minimum Gasteiger partial charge on any atom is -0.463 e. The number of ether oxygens (including phenoxy) is 1. The molecule has 1 atom stereocenters. The Balaban J connectivity index is 1.55. The van der Waals surface area contributed by atoms with Gasteiger partial charge in [-0.1, -0.05) is 12.1 Å². The lowest BCUT2D eigenvalue weighted by Crippen LogP contribution is -2.13. The molecule has 2 aromatic rings. The van der Waals surface area contributed by atoms with Gasteiger partial charge in [-0.2, -0.15) is 5.26 Å². The zero-order valence-electron chi connectivity index (χ0n) is 13.5. The van der Waals surface area contributed by atoms with Gasteiger partial charge in [0.05, 0.1) is 11.6 Å². The smallest absolute Gasteiger partial charge is 0.282 e. The van der Waals surface area contributed by atoms with Crippen molar-refractivity contribution in [1.29, 1.82) is 5.26 Å². The summed E-state index contributed by atoms with van der Waals surface area (Å²) in [6, 6.07) is 12.9. The Bertz CT molecular complexity index is 822. The van der Waals surface area contributed by atoms with Crippen LogP contribution >= 0.6 is 0 Å². The molecule has 3 rings (SSSR count). The minimum absolute atomic E-state index is 0.102. The number of anilines is 1. The van der Waals surface area contributed by atoms with E-state index in [1.165, 1.54) is 6.20 Å². The van der Waals surface area contributed by atoms with Gasteiger partial charge in [-0.25, -0.2) is 9.98 Å². The van der Waals surface area contributed by atoms with E-state index in [-0.39, 0.29) is 18.0 Å². The summed E-state index contributed by atoms with van der Waals surface area (Å²) in [6.07, 6.45) is 3.10. The first-order chi connectivity index (χ1) is 12.1. The van der Waals surface area contributed by atoms with Crippen molar-refractivity contribution in [3.05, 3.63) is 59.3 Å². The van der Waals surface area contributed by atoms with Crippen molar-refractivity contribution >= 4 is 17.7 Å². The lowest BCUT2D eigenvalue weighted by Gasteiger charge is -2.07. The van der Waals surface area contributed by atoms with Gasteiger partial charge < -0.3 is 15.8 Å². The van der Waals surface area contributed by atoms with Crippen LogP contribution in [0.4, 0.5) is 5.82 Å². The average molecular weight is 335 g/mol. The first-order valence-electron chi connectivity index (χ1n) is 7.86. The van der Waals surface area contributed by atoms with Gasteiger partial charge in [0.25, 0.3) is 11.9 Å². The molecule has 1 aromatic heterocycles. The largest absolute Gasteiger partial charge is 0.463 e. The number of amidine groups is 1. The van der Waals surface area contributed by atoms with Crippen molar-refractivity contribution in [3.63, 3.8) is 0 Å². The van der Waals surface area contributed by atoms with Crippen LogP contribution in [-0.4, -0.2) is 29.6 Å². The predicted octanol–water partition coefficient (Wildman–Crippen LogP) is 1.85. The highest BCUT2D eigenvalue weighted by Crippen LogP contribution is 2.13. The maximum absolute atomic E-state index is 12.2. The molecule has 7 nitrogen and oxygen atoms in total. The molecule has 25 heavy (non-hydrogen) atoms. The number of pyridine rings is 1. The molecule has 0 aliphatic carbocycles. The number of nitrogens with zero attached hydrogens (tertiary/aromatic N) is 3. The number of benzene rings is 1. The molecule has 0 spiro atoms. The molecule has 0 bridgehead atoms. The van der Waals surface area contributed by atoms with E-state index < -0.39 is 0 Å². The molecule has 1 amide bonds. The second kappa shape index (κ2) is 7.45. The Labute approximate surface area is 145 Å². The number of nitrogens with one attached hydrogen (secondary N) is 1. The van der Waals surface area contributed by atoms with Crippen LogP contribution in [0.2, 0.25) is 0 Å². The highest BCUT2D eigenvalue weighted by molar-refractivity contribution is 6.03. The van der Waals surface area contributed by atoms with Crippen LogP contribution in [0.1, 0.15) is 27.9 Å². The van der Waals surface area contributed by atoms with E-state index in [1.807, 2.05) is 18.2 Å². The van der Waals surface area contributed by atoms with Gasteiger partial charge in [-0.3, -0.25) is 4.79 Å². The highest BCUT2D eigenvalue weighted by Gasteiger charge is 2.16. The van der Waals surface area contributed by atoms with Gasteiger partial charge in [0.15, 0.2) is 0 Å². The van der Waals surface area contributed by atoms with Crippen LogP contribution < -0.4 is 11.1 Å². The topological polar surface area (TPSA) is 113 Å². The molecule has 3 N–H and O–H groups in total. The summed E-state index contributed by atoms with van der Waals surface area (Å²) in [5.74, 6) is 0.162. The molecule has 2 heterocycles. The SMILES string of the molecule is N#Cc1ccc(NC(=O)c2ccc(CC[C@H]3COC(N)=N3)cc2)nc1. The zero-order valence-corrected chi connectivity index (χ0v) is 13.5. The minimum atomic E-state index is -0.245. The molecule has 0 unspecified atom stereocenters. The first kappa shape index (κ1) is 16.5. The van der Waals surface area contributed by atoms with E-state index in [9.17, 15) is 4.79 Å². The quantitative estimate of drug-likeness (QED) is 0.865. The van der Waals surface area contributed by atoms with Crippen molar-refractivity contribution in [2.75, 3.05) is 11.9 Å². The third kappa shape index (κ3) is 4.32. The number of aryl methyl sites for hydroxylation is 1. The number of rotatable bonds is 5. The van der Waals surface area contributed by atoms with Crippen molar-refractivity contribution in [1.82, 2.24) is 4.98 Å². The Kier molecular flexibility index (Phi) is 4.90. The zero-order chi connectivity index (χ0) is 17.6. The number of aromatic nitrogens is 1. The summed E-state index contributed by atoms with van der Waals surface area (Å²) in [5, 5.41) is 11.4. The van der Waals surface area contributed by atoms with Crippen molar-refractivity contribution < 1.29 is 9.53 Å². The van der Waals surface area contributed by atoms with Crippen LogP contribution in [0.25, 0.3) is 0 Å². The van der Waals surface area contributed by atoms with E-state index in [4.69, 9.17) is 15.7 Å². The Morgan fingerprint density at radius 3 is 2.72 bits per heavy atom. The molecular weight excluding hydrogens is 318 g/mol. The number of nitrogens with two attached hydrogens (primary N) is 1.